The van der Waals surface area contributed by atoms with E-state index in [9.17, 15) is 13.2 Å². The highest BCUT2D eigenvalue weighted by molar-refractivity contribution is 7.90. The van der Waals surface area contributed by atoms with Gasteiger partial charge in [-0.3, -0.25) is 4.79 Å². The van der Waals surface area contributed by atoms with Gasteiger partial charge in [0.2, 0.25) is 5.91 Å². The third kappa shape index (κ3) is 6.43. The Labute approximate surface area is 192 Å². The summed E-state index contributed by atoms with van der Waals surface area (Å²) in [6, 6.07) is 10.5. The van der Waals surface area contributed by atoms with Crippen molar-refractivity contribution in [3.63, 3.8) is 0 Å². The van der Waals surface area contributed by atoms with Crippen LogP contribution in [0.25, 0.3) is 10.2 Å². The first-order valence-electron chi connectivity index (χ1n) is 10.6. The monoisotopic (exact) mass is 476 g/mol. The molecular formula is C23H28N2O5S2. The highest BCUT2D eigenvalue weighted by atomic mass is 32.2. The summed E-state index contributed by atoms with van der Waals surface area (Å²) in [5, 5.41) is 3.26. The maximum atomic E-state index is 12.4. The number of rotatable bonds is 11. The number of hydrogen-bond acceptors (Lipinski definition) is 7. The molecule has 1 amide bonds. The average molecular weight is 477 g/mol. The van der Waals surface area contributed by atoms with Crippen LogP contribution in [-0.4, -0.2) is 38.8 Å². The zero-order valence-corrected chi connectivity index (χ0v) is 20.1. The predicted octanol–water partition coefficient (Wildman–Crippen LogP) is 4.85. The number of ether oxygens (including phenoxy) is 2. The Bertz CT molecular complexity index is 1190. The number of carbonyl (C=O) groups excluding carboxylic acids is 1. The van der Waals surface area contributed by atoms with Gasteiger partial charge in [-0.25, -0.2) is 13.4 Å². The molecule has 1 aromatic heterocycles. The molecule has 32 heavy (non-hydrogen) atoms. The van der Waals surface area contributed by atoms with Crippen LogP contribution < -0.4 is 14.8 Å². The molecule has 9 heteroatoms. The largest absolute Gasteiger partial charge is 0.490 e. The summed E-state index contributed by atoms with van der Waals surface area (Å²) in [4.78, 5) is 17.1. The first-order chi connectivity index (χ1) is 15.3. The summed E-state index contributed by atoms with van der Waals surface area (Å²) in [6.07, 6.45) is 4.04. The SMILES string of the molecule is CCCCOc1ccc(CCC(=O)Nc2nc3ccc(S(C)(=O)=O)cc3s2)cc1OCC. The molecule has 3 aromatic rings. The number of nitrogens with zero attached hydrogens (tertiary/aromatic N) is 1. The lowest BCUT2D eigenvalue weighted by Gasteiger charge is -2.13. The molecule has 0 unspecified atom stereocenters. The molecule has 0 radical (unpaired) electrons. The molecule has 0 aliphatic carbocycles. The molecule has 0 spiro atoms. The van der Waals surface area contributed by atoms with Crippen molar-refractivity contribution in [1.82, 2.24) is 4.98 Å². The number of benzene rings is 2. The summed E-state index contributed by atoms with van der Waals surface area (Å²) in [5.41, 5.74) is 1.63. The topological polar surface area (TPSA) is 94.6 Å². The standard InChI is InChI=1S/C23H28N2O5S2/c1-4-6-13-30-19-11-7-16(14-20(19)29-5-2)8-12-22(26)25-23-24-18-10-9-17(32(3,27)28)15-21(18)31-23/h7,9-11,14-15H,4-6,8,12-13H2,1-3H3,(H,24,25,26). The number of nitrogens with one attached hydrogen (secondary N) is 1. The average Bonchev–Trinajstić information content (AvgIpc) is 3.14. The second-order valence-electron chi connectivity index (χ2n) is 7.39. The second-order valence-corrected chi connectivity index (χ2v) is 10.4. The highest BCUT2D eigenvalue weighted by Gasteiger charge is 2.13. The molecule has 0 atom stereocenters. The lowest BCUT2D eigenvalue weighted by atomic mass is 10.1. The van der Waals surface area contributed by atoms with Crippen molar-refractivity contribution >= 4 is 42.4 Å². The first kappa shape index (κ1) is 24.0. The zero-order valence-electron chi connectivity index (χ0n) is 18.5. The van der Waals surface area contributed by atoms with Gasteiger partial charge in [0.05, 0.1) is 28.3 Å². The Balaban J connectivity index is 1.62. The number of amides is 1. The van der Waals surface area contributed by atoms with Crippen LogP contribution in [0.2, 0.25) is 0 Å². The van der Waals surface area contributed by atoms with Gasteiger partial charge >= 0.3 is 0 Å². The third-order valence-corrected chi connectivity index (χ3v) is 6.78. The van der Waals surface area contributed by atoms with E-state index in [4.69, 9.17) is 9.47 Å². The number of carbonyl (C=O) groups is 1. The van der Waals surface area contributed by atoms with Gasteiger partial charge in [-0.15, -0.1) is 0 Å². The van der Waals surface area contributed by atoms with E-state index >= 15 is 0 Å². The van der Waals surface area contributed by atoms with Gasteiger partial charge < -0.3 is 14.8 Å². The van der Waals surface area contributed by atoms with Gasteiger partial charge in [0, 0.05) is 12.7 Å². The van der Waals surface area contributed by atoms with E-state index in [1.165, 1.54) is 23.7 Å². The quantitative estimate of drug-likeness (QED) is 0.398. The van der Waals surface area contributed by atoms with E-state index in [1.54, 1.807) is 12.1 Å². The van der Waals surface area contributed by atoms with Crippen LogP contribution in [0.5, 0.6) is 11.5 Å². The Morgan fingerprint density at radius 1 is 1.09 bits per heavy atom. The molecule has 0 saturated carbocycles. The van der Waals surface area contributed by atoms with Crippen molar-refractivity contribution in [3.8, 4) is 11.5 Å². The van der Waals surface area contributed by atoms with Gasteiger partial charge in [0.15, 0.2) is 26.5 Å². The molecular weight excluding hydrogens is 448 g/mol. The smallest absolute Gasteiger partial charge is 0.226 e. The molecule has 0 aliphatic rings. The van der Waals surface area contributed by atoms with Crippen LogP contribution in [0.15, 0.2) is 41.3 Å². The number of hydrogen-bond donors (Lipinski definition) is 1. The summed E-state index contributed by atoms with van der Waals surface area (Å²) in [5.74, 6) is 1.25. The molecule has 3 rings (SSSR count). The van der Waals surface area contributed by atoms with Gasteiger partial charge in [0.1, 0.15) is 0 Å². The van der Waals surface area contributed by atoms with E-state index in [2.05, 4.69) is 17.2 Å². The fourth-order valence-electron chi connectivity index (χ4n) is 3.05. The summed E-state index contributed by atoms with van der Waals surface area (Å²) < 4.78 is 35.7. The summed E-state index contributed by atoms with van der Waals surface area (Å²) in [7, 11) is -3.29. The molecule has 0 aliphatic heterocycles. The molecule has 2 aromatic carbocycles. The molecule has 1 N–H and O–H groups in total. The van der Waals surface area contributed by atoms with Crippen LogP contribution in [0.3, 0.4) is 0 Å². The molecule has 1 heterocycles. The lowest BCUT2D eigenvalue weighted by Crippen LogP contribution is -2.12. The van der Waals surface area contributed by atoms with Gasteiger partial charge in [-0.05, 0) is 55.7 Å². The van der Waals surface area contributed by atoms with Crippen LogP contribution in [0.1, 0.15) is 38.7 Å². The lowest BCUT2D eigenvalue weighted by molar-refractivity contribution is -0.116. The third-order valence-electron chi connectivity index (χ3n) is 4.74. The zero-order chi connectivity index (χ0) is 23.1. The molecule has 0 saturated heterocycles. The van der Waals surface area contributed by atoms with Crippen molar-refractivity contribution in [2.45, 2.75) is 44.4 Å². The minimum atomic E-state index is -3.29. The Kier molecular flexibility index (Phi) is 8.09. The van der Waals surface area contributed by atoms with Gasteiger partial charge in [-0.2, -0.15) is 0 Å². The number of aromatic nitrogens is 1. The minimum Gasteiger partial charge on any atom is -0.490 e. The van der Waals surface area contributed by atoms with Gasteiger partial charge in [0.25, 0.3) is 0 Å². The van der Waals surface area contributed by atoms with Crippen LogP contribution in [0, 0.1) is 0 Å². The number of unbranched alkanes of at least 4 members (excludes halogenated alkanes) is 1. The summed E-state index contributed by atoms with van der Waals surface area (Å²) in [6.45, 7) is 5.22. The number of sulfone groups is 1. The Morgan fingerprint density at radius 2 is 1.91 bits per heavy atom. The van der Waals surface area contributed by atoms with Crippen LogP contribution in [-0.2, 0) is 21.1 Å². The fraction of sp³-hybridized carbons (Fsp3) is 0.391. The van der Waals surface area contributed by atoms with Crippen molar-refractivity contribution in [2.24, 2.45) is 0 Å². The van der Waals surface area contributed by atoms with E-state index in [0.29, 0.717) is 40.7 Å². The molecule has 0 fully saturated rings. The number of anilines is 1. The normalized spacial score (nSPS) is 11.5. The highest BCUT2D eigenvalue weighted by Crippen LogP contribution is 2.30. The summed E-state index contributed by atoms with van der Waals surface area (Å²) >= 11 is 1.25. The van der Waals surface area contributed by atoms with Crippen molar-refractivity contribution in [3.05, 3.63) is 42.0 Å². The molecule has 7 nitrogen and oxygen atoms in total. The predicted molar refractivity (Wildman–Crippen MR) is 128 cm³/mol. The van der Waals surface area contributed by atoms with E-state index in [1.807, 2.05) is 25.1 Å². The van der Waals surface area contributed by atoms with Gasteiger partial charge in [-0.1, -0.05) is 30.7 Å². The van der Waals surface area contributed by atoms with Crippen molar-refractivity contribution < 1.29 is 22.7 Å². The number of aryl methyl sites for hydroxylation is 1. The maximum Gasteiger partial charge on any atom is 0.226 e. The Hall–Kier alpha value is -2.65. The Morgan fingerprint density at radius 3 is 2.62 bits per heavy atom. The second kappa shape index (κ2) is 10.8. The maximum absolute atomic E-state index is 12.4. The minimum absolute atomic E-state index is 0.159. The molecule has 0 bridgehead atoms. The van der Waals surface area contributed by atoms with E-state index in [0.717, 1.165) is 24.2 Å². The van der Waals surface area contributed by atoms with Crippen LogP contribution in [0.4, 0.5) is 5.13 Å². The van der Waals surface area contributed by atoms with E-state index in [-0.39, 0.29) is 17.2 Å². The molecule has 172 valence electrons. The van der Waals surface area contributed by atoms with Crippen LogP contribution >= 0.6 is 11.3 Å². The van der Waals surface area contributed by atoms with Crippen molar-refractivity contribution in [2.75, 3.05) is 24.8 Å². The number of thiazole rings is 1. The first-order valence-corrected chi connectivity index (χ1v) is 13.3. The van der Waals surface area contributed by atoms with E-state index < -0.39 is 9.84 Å². The van der Waals surface area contributed by atoms with Crippen molar-refractivity contribution in [1.29, 1.82) is 0 Å². The number of fused-ring (bicyclic) bond motifs is 1. The fourth-order valence-corrected chi connectivity index (χ4v) is 4.69.